The maximum Gasteiger partial charge on any atom is 0.0234 e. The third-order valence-corrected chi connectivity index (χ3v) is 5.21. The van der Waals surface area contributed by atoms with Crippen LogP contribution < -0.4 is 5.32 Å². The van der Waals surface area contributed by atoms with Gasteiger partial charge in [0.1, 0.15) is 0 Å². The average molecular weight is 270 g/mol. The van der Waals surface area contributed by atoms with Crippen molar-refractivity contribution in [3.63, 3.8) is 0 Å². The largest absolute Gasteiger partial charge is 0.309 e. The molecule has 1 aliphatic heterocycles. The minimum absolute atomic E-state index is 0.741. The second kappa shape index (κ2) is 5.50. The summed E-state index contributed by atoms with van der Waals surface area (Å²) >= 11 is 0. The van der Waals surface area contributed by atoms with E-state index in [-0.39, 0.29) is 0 Å². The first-order valence-corrected chi connectivity index (χ1v) is 8.41. The first kappa shape index (κ1) is 12.8. The highest BCUT2D eigenvalue weighted by Gasteiger charge is 2.42. The predicted molar refractivity (Wildman–Crippen MR) is 82.5 cm³/mol. The number of hydrogen-bond donors (Lipinski definition) is 1. The van der Waals surface area contributed by atoms with Gasteiger partial charge in [0.05, 0.1) is 0 Å². The van der Waals surface area contributed by atoms with Crippen LogP contribution in [0.25, 0.3) is 0 Å². The molecule has 1 unspecified atom stereocenters. The lowest BCUT2D eigenvalue weighted by molar-refractivity contribution is 0.304. The molecule has 3 aliphatic rings. The summed E-state index contributed by atoms with van der Waals surface area (Å²) < 4.78 is 0. The Bertz CT molecular complexity index is 424. The highest BCUT2D eigenvalue weighted by atomic mass is 15.2. The Morgan fingerprint density at radius 3 is 2.35 bits per heavy atom. The van der Waals surface area contributed by atoms with Crippen LogP contribution in [0.1, 0.15) is 37.7 Å². The standard InChI is InChI=1S/C18H26N2/c1-2-4-14(5-3-1)12-20-11-10-17(13-20)19-18(15-6-7-15)16-8-9-16/h1-5,15-19H,6-13H2. The molecule has 1 aromatic carbocycles. The van der Waals surface area contributed by atoms with Crippen molar-refractivity contribution < 1.29 is 0 Å². The summed E-state index contributed by atoms with van der Waals surface area (Å²) in [5.74, 6) is 2.04. The number of nitrogens with one attached hydrogen (secondary N) is 1. The zero-order valence-corrected chi connectivity index (χ0v) is 12.3. The molecule has 2 nitrogen and oxygen atoms in total. The highest BCUT2D eigenvalue weighted by Crippen LogP contribution is 2.44. The maximum atomic E-state index is 4.01. The van der Waals surface area contributed by atoms with Gasteiger partial charge in [-0.2, -0.15) is 0 Å². The molecule has 1 heterocycles. The smallest absolute Gasteiger partial charge is 0.0234 e. The van der Waals surface area contributed by atoms with Gasteiger partial charge in [0, 0.05) is 31.7 Å². The van der Waals surface area contributed by atoms with Gasteiger partial charge in [-0.15, -0.1) is 0 Å². The van der Waals surface area contributed by atoms with Crippen LogP contribution in [0, 0.1) is 11.8 Å². The van der Waals surface area contributed by atoms with Crippen molar-refractivity contribution in [2.75, 3.05) is 13.1 Å². The molecule has 3 fully saturated rings. The van der Waals surface area contributed by atoms with E-state index in [9.17, 15) is 0 Å². The van der Waals surface area contributed by atoms with E-state index in [1.54, 1.807) is 0 Å². The van der Waals surface area contributed by atoms with Gasteiger partial charge in [0.2, 0.25) is 0 Å². The summed E-state index contributed by atoms with van der Waals surface area (Å²) in [4.78, 5) is 2.61. The first-order chi connectivity index (χ1) is 9.88. The minimum Gasteiger partial charge on any atom is -0.309 e. The molecule has 1 aromatic rings. The normalized spacial score (nSPS) is 27.4. The van der Waals surface area contributed by atoms with E-state index in [2.05, 4.69) is 40.5 Å². The van der Waals surface area contributed by atoms with E-state index in [0.29, 0.717) is 0 Å². The molecule has 0 spiro atoms. The van der Waals surface area contributed by atoms with Gasteiger partial charge in [-0.05, 0) is 49.5 Å². The molecule has 0 bridgehead atoms. The lowest BCUT2D eigenvalue weighted by atomic mass is 10.1. The minimum atomic E-state index is 0.741. The van der Waals surface area contributed by atoms with Crippen molar-refractivity contribution in [2.45, 2.75) is 50.7 Å². The van der Waals surface area contributed by atoms with Crippen LogP contribution in [0.15, 0.2) is 30.3 Å². The molecule has 2 aliphatic carbocycles. The molecule has 4 rings (SSSR count). The number of likely N-dealkylation sites (tertiary alicyclic amines) is 1. The molecule has 1 saturated heterocycles. The van der Waals surface area contributed by atoms with Crippen molar-refractivity contribution in [3.05, 3.63) is 35.9 Å². The molecular formula is C18H26N2. The Kier molecular flexibility index (Phi) is 3.53. The predicted octanol–water partition coefficient (Wildman–Crippen LogP) is 3.04. The molecule has 108 valence electrons. The Balaban J connectivity index is 1.29. The molecule has 1 N–H and O–H groups in total. The Morgan fingerprint density at radius 2 is 1.70 bits per heavy atom. The fourth-order valence-electron chi connectivity index (χ4n) is 3.79. The van der Waals surface area contributed by atoms with Gasteiger partial charge in [-0.1, -0.05) is 30.3 Å². The van der Waals surface area contributed by atoms with Gasteiger partial charge < -0.3 is 5.32 Å². The summed E-state index contributed by atoms with van der Waals surface area (Å²) in [6.45, 7) is 3.62. The molecule has 1 atom stereocenters. The molecule has 0 amide bonds. The van der Waals surface area contributed by atoms with E-state index in [1.807, 2.05) is 0 Å². The molecule has 20 heavy (non-hydrogen) atoms. The van der Waals surface area contributed by atoms with Crippen molar-refractivity contribution >= 4 is 0 Å². The van der Waals surface area contributed by atoms with Crippen LogP contribution in [-0.4, -0.2) is 30.1 Å². The summed E-state index contributed by atoms with van der Waals surface area (Å²) in [6, 6.07) is 12.5. The van der Waals surface area contributed by atoms with Gasteiger partial charge in [0.15, 0.2) is 0 Å². The van der Waals surface area contributed by atoms with Crippen LogP contribution in [0.5, 0.6) is 0 Å². The summed E-state index contributed by atoms with van der Waals surface area (Å²) in [6.07, 6.45) is 7.26. The fourth-order valence-corrected chi connectivity index (χ4v) is 3.79. The van der Waals surface area contributed by atoms with E-state index < -0.39 is 0 Å². The number of hydrogen-bond acceptors (Lipinski definition) is 2. The lowest BCUT2D eigenvalue weighted by Crippen LogP contribution is -2.42. The van der Waals surface area contributed by atoms with Gasteiger partial charge >= 0.3 is 0 Å². The Labute approximate surface area is 122 Å². The SMILES string of the molecule is c1ccc(CN2CCC(NC(C3CC3)C3CC3)C2)cc1. The van der Waals surface area contributed by atoms with Gasteiger partial charge in [-0.3, -0.25) is 4.90 Å². The van der Waals surface area contributed by atoms with Crippen molar-refractivity contribution in [2.24, 2.45) is 11.8 Å². The van der Waals surface area contributed by atoms with Crippen LogP contribution in [-0.2, 0) is 6.54 Å². The zero-order chi connectivity index (χ0) is 13.4. The van der Waals surface area contributed by atoms with E-state index in [0.717, 1.165) is 30.5 Å². The van der Waals surface area contributed by atoms with E-state index in [4.69, 9.17) is 0 Å². The van der Waals surface area contributed by atoms with Crippen LogP contribution >= 0.6 is 0 Å². The van der Waals surface area contributed by atoms with Crippen LogP contribution in [0.3, 0.4) is 0 Å². The summed E-state index contributed by atoms with van der Waals surface area (Å²) in [5.41, 5.74) is 1.45. The van der Waals surface area contributed by atoms with Crippen LogP contribution in [0.2, 0.25) is 0 Å². The highest BCUT2D eigenvalue weighted by molar-refractivity contribution is 5.14. The van der Waals surface area contributed by atoms with Gasteiger partial charge in [0.25, 0.3) is 0 Å². The van der Waals surface area contributed by atoms with Gasteiger partial charge in [-0.25, -0.2) is 0 Å². The van der Waals surface area contributed by atoms with E-state index in [1.165, 1.54) is 50.8 Å². The molecule has 0 aromatic heterocycles. The molecular weight excluding hydrogens is 244 g/mol. The maximum absolute atomic E-state index is 4.01. The van der Waals surface area contributed by atoms with Crippen molar-refractivity contribution in [1.29, 1.82) is 0 Å². The zero-order valence-electron chi connectivity index (χ0n) is 12.3. The van der Waals surface area contributed by atoms with Crippen molar-refractivity contribution in [3.8, 4) is 0 Å². The Hall–Kier alpha value is -0.860. The molecule has 0 radical (unpaired) electrons. The quantitative estimate of drug-likeness (QED) is 0.855. The summed E-state index contributed by atoms with van der Waals surface area (Å²) in [5, 5.41) is 4.01. The molecule has 2 saturated carbocycles. The topological polar surface area (TPSA) is 15.3 Å². The third-order valence-electron chi connectivity index (χ3n) is 5.21. The summed E-state index contributed by atoms with van der Waals surface area (Å²) in [7, 11) is 0. The number of nitrogens with zero attached hydrogens (tertiary/aromatic N) is 1. The second-order valence-corrected chi connectivity index (χ2v) is 7.07. The number of rotatable bonds is 6. The fraction of sp³-hybridized carbons (Fsp3) is 0.667. The first-order valence-electron chi connectivity index (χ1n) is 8.41. The average Bonchev–Trinajstić information content (AvgIpc) is 3.38. The monoisotopic (exact) mass is 270 g/mol. The van der Waals surface area contributed by atoms with Crippen molar-refractivity contribution in [1.82, 2.24) is 10.2 Å². The lowest BCUT2D eigenvalue weighted by Gasteiger charge is -2.23. The third kappa shape index (κ3) is 3.07. The Morgan fingerprint density at radius 1 is 1.00 bits per heavy atom. The molecule has 2 heteroatoms. The number of benzene rings is 1. The second-order valence-electron chi connectivity index (χ2n) is 7.07. The van der Waals surface area contributed by atoms with Crippen LogP contribution in [0.4, 0.5) is 0 Å². The van der Waals surface area contributed by atoms with E-state index >= 15 is 0 Å².